The fourth-order valence-corrected chi connectivity index (χ4v) is 3.45. The Hall–Kier alpha value is -3.45. The number of nitrogens with one attached hydrogen (secondary N) is 1. The first-order valence-corrected chi connectivity index (χ1v) is 10.1. The zero-order valence-electron chi connectivity index (χ0n) is 17.4. The summed E-state index contributed by atoms with van der Waals surface area (Å²) in [6.07, 6.45) is 1.67. The van der Waals surface area contributed by atoms with Gasteiger partial charge in [-0.3, -0.25) is 19.9 Å². The van der Waals surface area contributed by atoms with Crippen molar-refractivity contribution in [1.82, 2.24) is 9.88 Å². The second kappa shape index (κ2) is 9.57. The van der Waals surface area contributed by atoms with E-state index in [0.29, 0.717) is 10.7 Å². The van der Waals surface area contributed by atoms with Crippen LogP contribution in [0.5, 0.6) is 0 Å². The summed E-state index contributed by atoms with van der Waals surface area (Å²) < 4.78 is 0. The highest BCUT2D eigenvalue weighted by Gasteiger charge is 2.24. The molecule has 2 aromatic carbocycles. The second-order valence-corrected chi connectivity index (χ2v) is 7.69. The van der Waals surface area contributed by atoms with Crippen LogP contribution in [0, 0.1) is 10.1 Å². The number of anilines is 1. The molecular formula is C23H23ClN4O3. The maximum atomic E-state index is 13.0. The molecule has 0 saturated carbocycles. The van der Waals surface area contributed by atoms with E-state index in [0.717, 1.165) is 11.3 Å². The number of amides is 1. The van der Waals surface area contributed by atoms with Gasteiger partial charge in [0.15, 0.2) is 0 Å². The number of carbonyl (C=O) groups is 1. The summed E-state index contributed by atoms with van der Waals surface area (Å²) in [7, 11) is 1.66. The van der Waals surface area contributed by atoms with Gasteiger partial charge in [-0.1, -0.05) is 29.8 Å². The average molecular weight is 439 g/mol. The fourth-order valence-electron chi connectivity index (χ4n) is 3.25. The number of hydrogen-bond acceptors (Lipinski definition) is 5. The Morgan fingerprint density at radius 1 is 1.13 bits per heavy atom. The molecule has 1 N–H and O–H groups in total. The van der Waals surface area contributed by atoms with E-state index in [1.165, 1.54) is 11.0 Å². The van der Waals surface area contributed by atoms with E-state index in [9.17, 15) is 14.9 Å². The number of pyridine rings is 1. The van der Waals surface area contributed by atoms with E-state index in [1.807, 2.05) is 38.1 Å². The van der Waals surface area contributed by atoms with Crippen molar-refractivity contribution in [1.29, 1.82) is 0 Å². The summed E-state index contributed by atoms with van der Waals surface area (Å²) >= 11 is 6.06. The zero-order valence-corrected chi connectivity index (χ0v) is 18.2. The van der Waals surface area contributed by atoms with Crippen molar-refractivity contribution in [3.05, 3.63) is 98.8 Å². The third-order valence-electron chi connectivity index (χ3n) is 5.18. The minimum Gasteiger partial charge on any atom is -0.371 e. The summed E-state index contributed by atoms with van der Waals surface area (Å²) in [6.45, 7) is 3.74. The van der Waals surface area contributed by atoms with E-state index in [4.69, 9.17) is 11.6 Å². The van der Waals surface area contributed by atoms with Gasteiger partial charge in [-0.15, -0.1) is 0 Å². The van der Waals surface area contributed by atoms with E-state index in [2.05, 4.69) is 10.3 Å². The normalized spacial score (nSPS) is 12.6. The first kappa shape index (κ1) is 22.2. The van der Waals surface area contributed by atoms with Gasteiger partial charge in [0.1, 0.15) is 5.69 Å². The summed E-state index contributed by atoms with van der Waals surface area (Å²) in [5, 5.41) is 15.4. The Morgan fingerprint density at radius 2 is 1.90 bits per heavy atom. The van der Waals surface area contributed by atoms with Crippen LogP contribution in [0.3, 0.4) is 0 Å². The predicted molar refractivity (Wildman–Crippen MR) is 121 cm³/mol. The Kier molecular flexibility index (Phi) is 6.87. The van der Waals surface area contributed by atoms with E-state index in [-0.39, 0.29) is 29.2 Å². The lowest BCUT2D eigenvalue weighted by molar-refractivity contribution is -0.384. The van der Waals surface area contributed by atoms with Gasteiger partial charge in [-0.2, -0.15) is 0 Å². The number of halogens is 1. The van der Waals surface area contributed by atoms with Gasteiger partial charge in [0.05, 0.1) is 22.7 Å². The predicted octanol–water partition coefficient (Wildman–Crippen LogP) is 5.65. The molecule has 7 nitrogen and oxygen atoms in total. The largest absolute Gasteiger partial charge is 0.371 e. The van der Waals surface area contributed by atoms with Crippen molar-refractivity contribution in [3.63, 3.8) is 0 Å². The summed E-state index contributed by atoms with van der Waals surface area (Å²) in [6, 6.07) is 16.7. The first-order valence-electron chi connectivity index (χ1n) is 9.76. The molecular weight excluding hydrogens is 416 g/mol. The van der Waals surface area contributed by atoms with Gasteiger partial charge >= 0.3 is 0 Å². The molecule has 0 saturated heterocycles. The zero-order chi connectivity index (χ0) is 22.5. The molecule has 0 aliphatic heterocycles. The third-order valence-corrected chi connectivity index (χ3v) is 5.41. The third kappa shape index (κ3) is 5.19. The summed E-state index contributed by atoms with van der Waals surface area (Å²) in [5.41, 5.74) is 2.02. The summed E-state index contributed by atoms with van der Waals surface area (Å²) in [4.78, 5) is 30.0. The number of rotatable bonds is 7. The smallest absolute Gasteiger partial charge is 0.293 e. The minimum absolute atomic E-state index is 0.169. The van der Waals surface area contributed by atoms with Crippen LogP contribution >= 0.6 is 11.6 Å². The molecule has 3 rings (SSSR count). The summed E-state index contributed by atoms with van der Waals surface area (Å²) in [5.74, 6) is -0.320. The topological polar surface area (TPSA) is 88.4 Å². The molecule has 2 atom stereocenters. The molecule has 3 aromatic rings. The van der Waals surface area contributed by atoms with Crippen molar-refractivity contribution in [2.75, 3.05) is 12.4 Å². The Labute approximate surface area is 185 Å². The lowest BCUT2D eigenvalue weighted by Gasteiger charge is -2.25. The Morgan fingerprint density at radius 3 is 2.55 bits per heavy atom. The minimum atomic E-state index is -0.495. The number of carbonyl (C=O) groups excluding carboxylic acids is 1. The van der Waals surface area contributed by atoms with Crippen LogP contribution in [-0.4, -0.2) is 27.8 Å². The van der Waals surface area contributed by atoms with Gasteiger partial charge < -0.3 is 10.2 Å². The van der Waals surface area contributed by atoms with Gasteiger partial charge in [-0.05, 0) is 55.8 Å². The van der Waals surface area contributed by atoms with Crippen LogP contribution < -0.4 is 5.32 Å². The Balaban J connectivity index is 1.84. The molecule has 0 fully saturated rings. The van der Waals surface area contributed by atoms with Gasteiger partial charge in [0.2, 0.25) is 0 Å². The number of nitrogens with zero attached hydrogens (tertiary/aromatic N) is 3. The molecule has 160 valence electrons. The SMILES string of the molecule is CC(Nc1ccc(C(=O)N(C)C(C)c2cccc(Cl)c2)cc1[N+](=O)[O-])c1ccccn1. The Bertz CT molecular complexity index is 1090. The van der Waals surface area contributed by atoms with Gasteiger partial charge in [-0.25, -0.2) is 0 Å². The molecule has 1 aromatic heterocycles. The highest BCUT2D eigenvalue weighted by molar-refractivity contribution is 6.30. The highest BCUT2D eigenvalue weighted by Crippen LogP contribution is 2.30. The number of nitro benzene ring substituents is 1. The molecule has 1 heterocycles. The first-order chi connectivity index (χ1) is 14.8. The van der Waals surface area contributed by atoms with E-state index < -0.39 is 4.92 Å². The van der Waals surface area contributed by atoms with Gasteiger partial charge in [0, 0.05) is 29.9 Å². The number of nitro groups is 1. The highest BCUT2D eigenvalue weighted by atomic mass is 35.5. The monoisotopic (exact) mass is 438 g/mol. The number of hydrogen-bond donors (Lipinski definition) is 1. The second-order valence-electron chi connectivity index (χ2n) is 7.26. The van der Waals surface area contributed by atoms with Crippen LogP contribution in [0.4, 0.5) is 11.4 Å². The van der Waals surface area contributed by atoms with Crippen molar-refractivity contribution < 1.29 is 9.72 Å². The van der Waals surface area contributed by atoms with Crippen LogP contribution in [0.1, 0.15) is 47.5 Å². The van der Waals surface area contributed by atoms with Crippen molar-refractivity contribution >= 4 is 28.9 Å². The molecule has 1 amide bonds. The molecule has 8 heteroatoms. The maximum Gasteiger partial charge on any atom is 0.293 e. The molecule has 0 spiro atoms. The standard InChI is InChI=1S/C23H23ClN4O3/c1-15(20-9-4-5-12-25-20)26-21-11-10-18(14-22(21)28(30)31)23(29)27(3)16(2)17-7-6-8-19(24)13-17/h4-16,26H,1-3H3. The lowest BCUT2D eigenvalue weighted by atomic mass is 10.1. The molecule has 2 unspecified atom stereocenters. The van der Waals surface area contributed by atoms with Crippen molar-refractivity contribution in [2.24, 2.45) is 0 Å². The van der Waals surface area contributed by atoms with Crippen LogP contribution in [-0.2, 0) is 0 Å². The van der Waals surface area contributed by atoms with E-state index in [1.54, 1.807) is 43.6 Å². The van der Waals surface area contributed by atoms with Gasteiger partial charge in [0.25, 0.3) is 11.6 Å². The average Bonchev–Trinajstić information content (AvgIpc) is 2.78. The molecule has 0 bridgehead atoms. The molecule has 0 aliphatic carbocycles. The molecule has 0 radical (unpaired) electrons. The lowest BCUT2D eigenvalue weighted by Crippen LogP contribution is -2.29. The van der Waals surface area contributed by atoms with Crippen LogP contribution in [0.15, 0.2) is 66.9 Å². The maximum absolute atomic E-state index is 13.0. The van der Waals surface area contributed by atoms with Crippen LogP contribution in [0.25, 0.3) is 0 Å². The number of benzene rings is 2. The molecule has 31 heavy (non-hydrogen) atoms. The van der Waals surface area contributed by atoms with Crippen LogP contribution in [0.2, 0.25) is 5.02 Å². The fraction of sp³-hybridized carbons (Fsp3) is 0.217. The van der Waals surface area contributed by atoms with Crippen molar-refractivity contribution in [3.8, 4) is 0 Å². The van der Waals surface area contributed by atoms with E-state index >= 15 is 0 Å². The number of aromatic nitrogens is 1. The van der Waals surface area contributed by atoms with Crippen molar-refractivity contribution in [2.45, 2.75) is 25.9 Å². The quantitative estimate of drug-likeness (QED) is 0.380. The molecule has 0 aliphatic rings.